The third kappa shape index (κ3) is 2.95. The van der Waals surface area contributed by atoms with Gasteiger partial charge in [0.25, 0.3) is 5.89 Å². The molecule has 2 aromatic rings. The SMILES string of the molecule is CCS(=O)(=O)Cc1noc(-c2ccc(C)cc2)n1. The topological polar surface area (TPSA) is 73.1 Å². The Labute approximate surface area is 106 Å². The van der Waals surface area contributed by atoms with Crippen LogP contribution in [0.2, 0.25) is 0 Å². The Kier molecular flexibility index (Phi) is 3.47. The van der Waals surface area contributed by atoms with Crippen molar-refractivity contribution in [1.82, 2.24) is 10.1 Å². The van der Waals surface area contributed by atoms with Crippen molar-refractivity contribution in [3.63, 3.8) is 0 Å². The number of aryl methyl sites for hydroxylation is 1. The molecule has 2 rings (SSSR count). The van der Waals surface area contributed by atoms with Crippen LogP contribution in [0.3, 0.4) is 0 Å². The van der Waals surface area contributed by atoms with Gasteiger partial charge in [-0.25, -0.2) is 8.42 Å². The molecule has 0 aliphatic heterocycles. The molecule has 0 fully saturated rings. The van der Waals surface area contributed by atoms with Crippen LogP contribution in [0.15, 0.2) is 28.8 Å². The summed E-state index contributed by atoms with van der Waals surface area (Å²) in [5.74, 6) is 0.434. The van der Waals surface area contributed by atoms with Crippen molar-refractivity contribution in [3.05, 3.63) is 35.7 Å². The standard InChI is InChI=1S/C12H14N2O3S/c1-3-18(15,16)8-11-13-12(17-14-11)10-6-4-9(2)5-7-10/h4-7H,3,8H2,1-2H3. The largest absolute Gasteiger partial charge is 0.334 e. The fraction of sp³-hybridized carbons (Fsp3) is 0.333. The molecule has 18 heavy (non-hydrogen) atoms. The van der Waals surface area contributed by atoms with Gasteiger partial charge >= 0.3 is 0 Å². The zero-order chi connectivity index (χ0) is 13.2. The first kappa shape index (κ1) is 12.8. The number of hydrogen-bond donors (Lipinski definition) is 0. The molecular formula is C12H14N2O3S. The summed E-state index contributed by atoms with van der Waals surface area (Å²) >= 11 is 0. The Morgan fingerprint density at radius 2 is 1.89 bits per heavy atom. The van der Waals surface area contributed by atoms with Crippen LogP contribution in [0.4, 0.5) is 0 Å². The van der Waals surface area contributed by atoms with Gasteiger partial charge in [-0.15, -0.1) is 0 Å². The number of sulfone groups is 1. The lowest BCUT2D eigenvalue weighted by molar-refractivity contribution is 0.424. The number of rotatable bonds is 4. The average molecular weight is 266 g/mol. The second-order valence-electron chi connectivity index (χ2n) is 4.06. The van der Waals surface area contributed by atoms with E-state index >= 15 is 0 Å². The molecule has 0 unspecified atom stereocenters. The lowest BCUT2D eigenvalue weighted by Gasteiger charge is -1.95. The van der Waals surface area contributed by atoms with E-state index < -0.39 is 9.84 Å². The summed E-state index contributed by atoms with van der Waals surface area (Å²) in [4.78, 5) is 4.09. The predicted octanol–water partition coefficient (Wildman–Crippen LogP) is 1.98. The highest BCUT2D eigenvalue weighted by molar-refractivity contribution is 7.90. The number of aromatic nitrogens is 2. The summed E-state index contributed by atoms with van der Waals surface area (Å²) in [5, 5.41) is 3.68. The van der Waals surface area contributed by atoms with Crippen molar-refractivity contribution in [2.45, 2.75) is 19.6 Å². The predicted molar refractivity (Wildman–Crippen MR) is 67.6 cm³/mol. The molecule has 6 heteroatoms. The van der Waals surface area contributed by atoms with Gasteiger partial charge in [0.05, 0.1) is 0 Å². The third-order valence-corrected chi connectivity index (χ3v) is 4.13. The Morgan fingerprint density at radius 3 is 2.50 bits per heavy atom. The van der Waals surface area contributed by atoms with Gasteiger partial charge in [-0.1, -0.05) is 29.8 Å². The zero-order valence-corrected chi connectivity index (χ0v) is 11.1. The minimum absolute atomic E-state index is 0.0708. The molecule has 0 bridgehead atoms. The minimum Gasteiger partial charge on any atom is -0.334 e. The van der Waals surface area contributed by atoms with Crippen molar-refractivity contribution in [1.29, 1.82) is 0 Å². The van der Waals surface area contributed by atoms with Crippen LogP contribution >= 0.6 is 0 Å². The molecule has 0 saturated carbocycles. The Balaban J connectivity index is 2.23. The van der Waals surface area contributed by atoms with Gasteiger partial charge in [-0.2, -0.15) is 4.98 Å². The number of benzene rings is 1. The van der Waals surface area contributed by atoms with Crippen LogP contribution in [-0.2, 0) is 15.6 Å². The summed E-state index contributed by atoms with van der Waals surface area (Å²) < 4.78 is 27.9. The first-order chi connectivity index (χ1) is 8.50. The van der Waals surface area contributed by atoms with Gasteiger partial charge < -0.3 is 4.52 Å². The van der Waals surface area contributed by atoms with E-state index in [0.717, 1.165) is 11.1 Å². The highest BCUT2D eigenvalue weighted by Gasteiger charge is 2.15. The van der Waals surface area contributed by atoms with E-state index in [-0.39, 0.29) is 17.3 Å². The normalized spacial score (nSPS) is 11.7. The smallest absolute Gasteiger partial charge is 0.257 e. The van der Waals surface area contributed by atoms with Gasteiger partial charge in [-0.3, -0.25) is 0 Å². The molecule has 1 aromatic heterocycles. The van der Waals surface area contributed by atoms with E-state index in [1.165, 1.54) is 0 Å². The molecule has 0 radical (unpaired) electrons. The molecule has 0 saturated heterocycles. The van der Waals surface area contributed by atoms with Crippen LogP contribution in [0.5, 0.6) is 0 Å². The zero-order valence-electron chi connectivity index (χ0n) is 10.3. The number of hydrogen-bond acceptors (Lipinski definition) is 5. The highest BCUT2D eigenvalue weighted by Crippen LogP contribution is 2.18. The van der Waals surface area contributed by atoms with Gasteiger partial charge in [-0.05, 0) is 19.1 Å². The molecule has 0 spiro atoms. The van der Waals surface area contributed by atoms with Crippen molar-refractivity contribution < 1.29 is 12.9 Å². The van der Waals surface area contributed by atoms with E-state index in [1.807, 2.05) is 31.2 Å². The van der Waals surface area contributed by atoms with Gasteiger partial charge in [0.1, 0.15) is 5.75 Å². The fourth-order valence-electron chi connectivity index (χ4n) is 1.42. The summed E-state index contributed by atoms with van der Waals surface area (Å²) in [6.07, 6.45) is 0. The molecule has 5 nitrogen and oxygen atoms in total. The maximum atomic E-state index is 11.4. The molecule has 0 amide bonds. The van der Waals surface area contributed by atoms with Crippen LogP contribution < -0.4 is 0 Å². The van der Waals surface area contributed by atoms with E-state index in [0.29, 0.717) is 5.89 Å². The van der Waals surface area contributed by atoms with E-state index in [4.69, 9.17) is 4.52 Å². The Morgan fingerprint density at radius 1 is 1.22 bits per heavy atom. The maximum Gasteiger partial charge on any atom is 0.257 e. The molecule has 0 atom stereocenters. The summed E-state index contributed by atoms with van der Waals surface area (Å²) in [5.41, 5.74) is 1.92. The third-order valence-electron chi connectivity index (χ3n) is 2.56. The monoisotopic (exact) mass is 266 g/mol. The second kappa shape index (κ2) is 4.89. The molecule has 0 aliphatic rings. The van der Waals surface area contributed by atoms with Gasteiger partial charge in [0.15, 0.2) is 15.7 Å². The van der Waals surface area contributed by atoms with E-state index in [1.54, 1.807) is 6.92 Å². The lowest BCUT2D eigenvalue weighted by atomic mass is 10.1. The van der Waals surface area contributed by atoms with E-state index in [2.05, 4.69) is 10.1 Å². The van der Waals surface area contributed by atoms with Gasteiger partial charge in [0, 0.05) is 11.3 Å². The fourth-order valence-corrected chi connectivity index (χ4v) is 2.14. The van der Waals surface area contributed by atoms with Crippen molar-refractivity contribution in [2.75, 3.05) is 5.75 Å². The molecule has 96 valence electrons. The van der Waals surface area contributed by atoms with Crippen molar-refractivity contribution in [2.24, 2.45) is 0 Å². The molecule has 1 heterocycles. The van der Waals surface area contributed by atoms with Crippen molar-refractivity contribution >= 4 is 9.84 Å². The first-order valence-corrected chi connectivity index (χ1v) is 7.42. The van der Waals surface area contributed by atoms with Crippen LogP contribution in [0.1, 0.15) is 18.3 Å². The van der Waals surface area contributed by atoms with E-state index in [9.17, 15) is 8.42 Å². The first-order valence-electron chi connectivity index (χ1n) is 5.60. The lowest BCUT2D eigenvalue weighted by Crippen LogP contribution is -2.07. The Bertz CT molecular complexity index is 630. The van der Waals surface area contributed by atoms with Crippen molar-refractivity contribution in [3.8, 4) is 11.5 Å². The molecule has 1 aromatic carbocycles. The van der Waals surface area contributed by atoms with Crippen LogP contribution in [0.25, 0.3) is 11.5 Å². The Hall–Kier alpha value is -1.69. The molecular weight excluding hydrogens is 252 g/mol. The minimum atomic E-state index is -3.13. The number of nitrogens with zero attached hydrogens (tertiary/aromatic N) is 2. The van der Waals surface area contributed by atoms with Gasteiger partial charge in [0.2, 0.25) is 0 Å². The summed E-state index contributed by atoms with van der Waals surface area (Å²) in [7, 11) is -3.13. The summed E-state index contributed by atoms with van der Waals surface area (Å²) in [6.45, 7) is 3.58. The summed E-state index contributed by atoms with van der Waals surface area (Å²) in [6, 6.07) is 7.59. The average Bonchev–Trinajstić information content (AvgIpc) is 2.78. The highest BCUT2D eigenvalue weighted by atomic mass is 32.2. The second-order valence-corrected chi connectivity index (χ2v) is 6.41. The quantitative estimate of drug-likeness (QED) is 0.846. The van der Waals surface area contributed by atoms with Crippen LogP contribution in [0, 0.1) is 6.92 Å². The van der Waals surface area contributed by atoms with Crippen LogP contribution in [-0.4, -0.2) is 24.3 Å². The molecule has 0 N–H and O–H groups in total. The maximum absolute atomic E-state index is 11.4. The molecule has 0 aliphatic carbocycles.